The molecule has 0 saturated heterocycles. The van der Waals surface area contributed by atoms with E-state index in [1.807, 2.05) is 51.1 Å². The predicted molar refractivity (Wildman–Crippen MR) is 123 cm³/mol. The van der Waals surface area contributed by atoms with E-state index in [1.54, 1.807) is 24.3 Å². The Morgan fingerprint density at radius 1 is 1.07 bits per heavy atom. The van der Waals surface area contributed by atoms with Crippen molar-refractivity contribution in [1.29, 1.82) is 0 Å². The average Bonchev–Trinajstić information content (AvgIpc) is 2.70. The molecule has 158 valence electrons. The van der Waals surface area contributed by atoms with Crippen molar-refractivity contribution in [2.24, 2.45) is 0 Å². The highest BCUT2D eigenvalue weighted by Gasteiger charge is 2.33. The number of halogens is 3. The molecule has 2 aromatic carbocycles. The van der Waals surface area contributed by atoms with Crippen molar-refractivity contribution < 1.29 is 13.2 Å². The lowest BCUT2D eigenvalue weighted by molar-refractivity contribution is -0.0876. The largest absolute Gasteiger partial charge is 0.416 e. The van der Waals surface area contributed by atoms with Crippen LogP contribution in [-0.2, 0) is 0 Å². The SMILES string of the molecule is C=C(Nc1ccc(C)c(/C=C\C)c1)c1ccc(/C(C)=C(/C=C\CC)C(F)(F)F)cc1. The van der Waals surface area contributed by atoms with Crippen LogP contribution in [0.3, 0.4) is 0 Å². The molecule has 0 aliphatic carbocycles. The summed E-state index contributed by atoms with van der Waals surface area (Å²) in [5, 5.41) is 3.28. The number of hydrogen-bond donors (Lipinski definition) is 1. The first-order valence-electron chi connectivity index (χ1n) is 9.92. The van der Waals surface area contributed by atoms with E-state index in [1.165, 1.54) is 18.6 Å². The van der Waals surface area contributed by atoms with E-state index in [-0.39, 0.29) is 5.57 Å². The van der Waals surface area contributed by atoms with Gasteiger partial charge in [0.2, 0.25) is 0 Å². The first-order valence-corrected chi connectivity index (χ1v) is 9.92. The minimum atomic E-state index is -4.39. The van der Waals surface area contributed by atoms with E-state index in [2.05, 4.69) is 11.9 Å². The third-order valence-electron chi connectivity index (χ3n) is 4.82. The minimum Gasteiger partial charge on any atom is -0.356 e. The van der Waals surface area contributed by atoms with Crippen molar-refractivity contribution in [2.75, 3.05) is 5.32 Å². The number of aryl methyl sites for hydroxylation is 1. The Morgan fingerprint density at radius 2 is 1.70 bits per heavy atom. The van der Waals surface area contributed by atoms with Crippen molar-refractivity contribution in [3.63, 3.8) is 0 Å². The number of benzene rings is 2. The summed E-state index contributed by atoms with van der Waals surface area (Å²) in [5.74, 6) is 0. The number of hydrogen-bond acceptors (Lipinski definition) is 1. The van der Waals surface area contributed by atoms with Crippen LogP contribution in [0.5, 0.6) is 0 Å². The molecule has 0 aromatic heterocycles. The minimum absolute atomic E-state index is 0.201. The van der Waals surface area contributed by atoms with Gasteiger partial charge in [0.15, 0.2) is 0 Å². The maximum Gasteiger partial charge on any atom is 0.416 e. The van der Waals surface area contributed by atoms with Crippen LogP contribution in [0, 0.1) is 6.92 Å². The Kier molecular flexibility index (Phi) is 7.87. The van der Waals surface area contributed by atoms with Gasteiger partial charge >= 0.3 is 6.18 Å². The molecular weight excluding hydrogens is 383 g/mol. The van der Waals surface area contributed by atoms with Gasteiger partial charge in [-0.3, -0.25) is 0 Å². The highest BCUT2D eigenvalue weighted by atomic mass is 19.4. The standard InChI is InChI=1S/C26H28F3N/c1-6-8-10-25(26(27,28)29)19(4)21-12-14-22(15-13-21)20(5)30-24-16-11-18(3)23(17-24)9-7-2/h7-17,30H,5-6H2,1-4H3/b9-7-,10-8-,25-19-. The average molecular weight is 412 g/mol. The van der Waals surface area contributed by atoms with Gasteiger partial charge < -0.3 is 5.32 Å². The van der Waals surface area contributed by atoms with Gasteiger partial charge in [0.1, 0.15) is 0 Å². The summed E-state index contributed by atoms with van der Waals surface area (Å²) in [6, 6.07) is 13.0. The fraction of sp³-hybridized carbons (Fsp3) is 0.231. The van der Waals surface area contributed by atoms with Crippen molar-refractivity contribution >= 4 is 23.0 Å². The Hall–Kier alpha value is -3.01. The molecule has 0 saturated carbocycles. The first-order chi connectivity index (χ1) is 14.2. The summed E-state index contributed by atoms with van der Waals surface area (Å²) in [6.07, 6.45) is 2.86. The molecule has 0 aliphatic heterocycles. The molecule has 0 bridgehead atoms. The zero-order valence-corrected chi connectivity index (χ0v) is 17.9. The monoisotopic (exact) mass is 411 g/mol. The van der Waals surface area contributed by atoms with Gasteiger partial charge in [-0.1, -0.05) is 68.1 Å². The molecule has 0 unspecified atom stereocenters. The normalized spacial score (nSPS) is 13.0. The predicted octanol–water partition coefficient (Wildman–Crippen LogP) is 8.41. The molecule has 1 nitrogen and oxygen atoms in total. The molecule has 0 aliphatic rings. The zero-order valence-electron chi connectivity index (χ0n) is 17.9. The number of nitrogens with one attached hydrogen (secondary N) is 1. The van der Waals surface area contributed by atoms with Crippen molar-refractivity contribution in [2.45, 2.75) is 40.3 Å². The molecule has 0 radical (unpaired) electrons. The molecule has 0 heterocycles. The second-order valence-corrected chi connectivity index (χ2v) is 7.10. The van der Waals surface area contributed by atoms with Crippen LogP contribution in [0.25, 0.3) is 17.3 Å². The number of rotatable bonds is 7. The summed E-state index contributed by atoms with van der Waals surface area (Å²) in [7, 11) is 0. The molecule has 0 spiro atoms. The summed E-state index contributed by atoms with van der Waals surface area (Å²) >= 11 is 0. The lowest BCUT2D eigenvalue weighted by Crippen LogP contribution is -2.11. The highest BCUT2D eigenvalue weighted by Crippen LogP contribution is 2.34. The van der Waals surface area contributed by atoms with Gasteiger partial charge in [0.25, 0.3) is 0 Å². The van der Waals surface area contributed by atoms with E-state index >= 15 is 0 Å². The van der Waals surface area contributed by atoms with Gasteiger partial charge in [0, 0.05) is 11.4 Å². The topological polar surface area (TPSA) is 12.0 Å². The molecule has 2 aromatic rings. The summed E-state index contributed by atoms with van der Waals surface area (Å²) in [6.45, 7) is 11.4. The second-order valence-electron chi connectivity index (χ2n) is 7.10. The highest BCUT2D eigenvalue weighted by molar-refractivity contribution is 5.78. The van der Waals surface area contributed by atoms with Gasteiger partial charge in [-0.15, -0.1) is 0 Å². The van der Waals surface area contributed by atoms with Crippen molar-refractivity contribution in [3.8, 4) is 0 Å². The first kappa shape index (κ1) is 23.3. The van der Waals surface area contributed by atoms with Crippen LogP contribution in [0.1, 0.15) is 49.4 Å². The number of anilines is 1. The van der Waals surface area contributed by atoms with E-state index in [9.17, 15) is 13.2 Å². The van der Waals surface area contributed by atoms with Crippen LogP contribution in [-0.4, -0.2) is 6.18 Å². The van der Waals surface area contributed by atoms with Crippen LogP contribution in [0.15, 0.2) is 72.8 Å². The second kappa shape index (κ2) is 10.1. The summed E-state index contributed by atoms with van der Waals surface area (Å²) in [5.41, 5.74) is 4.81. The van der Waals surface area contributed by atoms with Crippen LogP contribution >= 0.6 is 0 Å². The van der Waals surface area contributed by atoms with E-state index in [4.69, 9.17) is 0 Å². The lowest BCUT2D eigenvalue weighted by atomic mass is 9.98. The Labute approximate surface area is 177 Å². The molecule has 0 fully saturated rings. The fourth-order valence-corrected chi connectivity index (χ4v) is 3.07. The van der Waals surface area contributed by atoms with Crippen LogP contribution in [0.4, 0.5) is 18.9 Å². The maximum atomic E-state index is 13.4. The van der Waals surface area contributed by atoms with Crippen molar-refractivity contribution in [1.82, 2.24) is 0 Å². The Balaban J connectivity index is 2.26. The van der Waals surface area contributed by atoms with Gasteiger partial charge in [-0.25, -0.2) is 0 Å². The third-order valence-corrected chi connectivity index (χ3v) is 4.82. The summed E-state index contributed by atoms with van der Waals surface area (Å²) < 4.78 is 40.2. The molecule has 0 amide bonds. The number of alkyl halides is 3. The third kappa shape index (κ3) is 5.99. The zero-order chi connectivity index (χ0) is 22.3. The molecular formula is C26H28F3N. The van der Waals surface area contributed by atoms with E-state index in [0.29, 0.717) is 17.7 Å². The smallest absolute Gasteiger partial charge is 0.356 e. The van der Waals surface area contributed by atoms with Crippen molar-refractivity contribution in [3.05, 3.63) is 95.1 Å². The Bertz CT molecular complexity index is 974. The molecule has 4 heteroatoms. The van der Waals surface area contributed by atoms with E-state index in [0.717, 1.165) is 22.9 Å². The number of allylic oxidation sites excluding steroid dienone is 5. The summed E-state index contributed by atoms with van der Waals surface area (Å²) in [4.78, 5) is 0. The fourth-order valence-electron chi connectivity index (χ4n) is 3.07. The molecule has 0 atom stereocenters. The van der Waals surface area contributed by atoms with Gasteiger partial charge in [-0.2, -0.15) is 13.2 Å². The Morgan fingerprint density at radius 3 is 2.27 bits per heavy atom. The quantitative estimate of drug-likeness (QED) is 0.451. The van der Waals surface area contributed by atoms with Crippen LogP contribution in [0.2, 0.25) is 0 Å². The molecule has 2 rings (SSSR count). The van der Waals surface area contributed by atoms with Gasteiger partial charge in [-0.05, 0) is 67.2 Å². The van der Waals surface area contributed by atoms with Crippen LogP contribution < -0.4 is 5.32 Å². The molecule has 30 heavy (non-hydrogen) atoms. The van der Waals surface area contributed by atoms with E-state index < -0.39 is 11.7 Å². The molecule has 1 N–H and O–H groups in total. The van der Waals surface area contributed by atoms with Gasteiger partial charge in [0.05, 0.1) is 5.57 Å². The maximum absolute atomic E-state index is 13.4. The lowest BCUT2D eigenvalue weighted by Gasteiger charge is -2.15.